The fourth-order valence-electron chi connectivity index (χ4n) is 2.25. The number of carbonyl (C=O) groups excluding carboxylic acids is 2. The molecule has 1 aliphatic heterocycles. The van der Waals surface area contributed by atoms with E-state index >= 15 is 0 Å². The second-order valence-corrected chi connectivity index (χ2v) is 6.71. The standard InChI is InChI=1S/C14H16Br2N2O2/c1-9(8-18-6-2-3-13(18)19)17-14(20)11-7-10(15)4-5-12(11)16/h4-5,7,9H,2-3,6,8H2,1H3,(H,17,20). The molecule has 1 N–H and O–H groups in total. The van der Waals surface area contributed by atoms with Crippen molar-refractivity contribution < 1.29 is 9.59 Å². The molecule has 108 valence electrons. The van der Waals surface area contributed by atoms with Crippen LogP contribution in [0.4, 0.5) is 0 Å². The number of hydrogen-bond acceptors (Lipinski definition) is 2. The minimum atomic E-state index is -0.141. The lowest BCUT2D eigenvalue weighted by molar-refractivity contribution is -0.127. The number of halogens is 2. The fourth-order valence-corrected chi connectivity index (χ4v) is 3.03. The third-order valence-electron chi connectivity index (χ3n) is 3.22. The number of nitrogens with zero attached hydrogens (tertiary/aromatic N) is 1. The summed E-state index contributed by atoms with van der Waals surface area (Å²) in [6.45, 7) is 3.27. The molecule has 2 amide bonds. The first-order valence-corrected chi connectivity index (χ1v) is 8.09. The number of hydrogen-bond donors (Lipinski definition) is 1. The normalized spacial score (nSPS) is 16.4. The molecule has 1 aromatic carbocycles. The molecule has 1 atom stereocenters. The van der Waals surface area contributed by atoms with Crippen LogP contribution in [0, 0.1) is 0 Å². The Kier molecular flexibility index (Phi) is 5.21. The zero-order chi connectivity index (χ0) is 14.7. The summed E-state index contributed by atoms with van der Waals surface area (Å²) in [7, 11) is 0. The first-order valence-electron chi connectivity index (χ1n) is 6.51. The zero-order valence-electron chi connectivity index (χ0n) is 11.2. The van der Waals surface area contributed by atoms with Crippen molar-refractivity contribution in [3.8, 4) is 0 Å². The molecule has 0 bridgehead atoms. The third-order valence-corrected chi connectivity index (χ3v) is 4.40. The van der Waals surface area contributed by atoms with E-state index in [1.807, 2.05) is 19.1 Å². The number of nitrogens with one attached hydrogen (secondary N) is 1. The number of amides is 2. The van der Waals surface area contributed by atoms with Crippen LogP contribution >= 0.6 is 31.9 Å². The van der Waals surface area contributed by atoms with Crippen LogP contribution in [0.3, 0.4) is 0 Å². The van der Waals surface area contributed by atoms with E-state index in [0.29, 0.717) is 18.5 Å². The van der Waals surface area contributed by atoms with E-state index in [9.17, 15) is 9.59 Å². The van der Waals surface area contributed by atoms with Crippen molar-refractivity contribution in [1.82, 2.24) is 10.2 Å². The largest absolute Gasteiger partial charge is 0.348 e. The van der Waals surface area contributed by atoms with Crippen LogP contribution in [0.5, 0.6) is 0 Å². The molecule has 1 aliphatic rings. The highest BCUT2D eigenvalue weighted by Gasteiger charge is 2.22. The Balaban J connectivity index is 1.96. The van der Waals surface area contributed by atoms with Crippen molar-refractivity contribution in [2.45, 2.75) is 25.8 Å². The monoisotopic (exact) mass is 402 g/mol. The highest BCUT2D eigenvalue weighted by atomic mass is 79.9. The Hall–Kier alpha value is -0.880. The summed E-state index contributed by atoms with van der Waals surface area (Å²) in [6.07, 6.45) is 1.54. The molecular weight excluding hydrogens is 388 g/mol. The van der Waals surface area contributed by atoms with Gasteiger partial charge in [-0.1, -0.05) is 15.9 Å². The second kappa shape index (κ2) is 6.72. The van der Waals surface area contributed by atoms with Gasteiger partial charge in [0, 0.05) is 34.5 Å². The summed E-state index contributed by atoms with van der Waals surface area (Å²) in [6, 6.07) is 5.39. The molecule has 0 spiro atoms. The van der Waals surface area contributed by atoms with Crippen LogP contribution < -0.4 is 5.32 Å². The fraction of sp³-hybridized carbons (Fsp3) is 0.429. The summed E-state index contributed by atoms with van der Waals surface area (Å²) < 4.78 is 1.61. The average molecular weight is 404 g/mol. The quantitative estimate of drug-likeness (QED) is 0.840. The molecular formula is C14H16Br2N2O2. The van der Waals surface area contributed by atoms with Gasteiger partial charge in [-0.05, 0) is 47.5 Å². The van der Waals surface area contributed by atoms with Gasteiger partial charge in [-0.2, -0.15) is 0 Å². The van der Waals surface area contributed by atoms with Crippen LogP contribution in [0.2, 0.25) is 0 Å². The first kappa shape index (κ1) is 15.5. The highest BCUT2D eigenvalue weighted by Crippen LogP contribution is 2.21. The van der Waals surface area contributed by atoms with Crippen molar-refractivity contribution in [2.75, 3.05) is 13.1 Å². The molecule has 2 rings (SSSR count). The minimum Gasteiger partial charge on any atom is -0.348 e. The molecule has 6 heteroatoms. The molecule has 0 radical (unpaired) electrons. The topological polar surface area (TPSA) is 49.4 Å². The van der Waals surface area contributed by atoms with E-state index in [2.05, 4.69) is 37.2 Å². The summed E-state index contributed by atoms with van der Waals surface area (Å²) in [5.41, 5.74) is 0.582. The van der Waals surface area contributed by atoms with Gasteiger partial charge in [0.1, 0.15) is 0 Å². The summed E-state index contributed by atoms with van der Waals surface area (Å²) in [5.74, 6) is 0.0343. The van der Waals surface area contributed by atoms with Gasteiger partial charge in [0.05, 0.1) is 5.56 Å². The Morgan fingerprint density at radius 3 is 2.85 bits per heavy atom. The molecule has 1 saturated heterocycles. The highest BCUT2D eigenvalue weighted by molar-refractivity contribution is 9.11. The predicted octanol–water partition coefficient (Wildman–Crippen LogP) is 2.95. The SMILES string of the molecule is CC(CN1CCCC1=O)NC(=O)c1cc(Br)ccc1Br. The van der Waals surface area contributed by atoms with Gasteiger partial charge in [0.25, 0.3) is 5.91 Å². The molecule has 1 heterocycles. The molecule has 4 nitrogen and oxygen atoms in total. The van der Waals surface area contributed by atoms with Gasteiger partial charge in [0.2, 0.25) is 5.91 Å². The van der Waals surface area contributed by atoms with Crippen molar-refractivity contribution >= 4 is 43.7 Å². The maximum atomic E-state index is 12.2. The Morgan fingerprint density at radius 2 is 2.20 bits per heavy atom. The van der Waals surface area contributed by atoms with Crippen LogP contribution in [0.15, 0.2) is 27.1 Å². The lowest BCUT2D eigenvalue weighted by Gasteiger charge is -2.22. The van der Waals surface area contributed by atoms with Crippen LogP contribution in [-0.2, 0) is 4.79 Å². The lowest BCUT2D eigenvalue weighted by atomic mass is 10.2. The summed E-state index contributed by atoms with van der Waals surface area (Å²) in [5, 5.41) is 2.93. The van der Waals surface area contributed by atoms with E-state index in [1.54, 1.807) is 11.0 Å². The second-order valence-electron chi connectivity index (χ2n) is 4.94. The Labute approximate surface area is 135 Å². The maximum absolute atomic E-state index is 12.2. The van der Waals surface area contributed by atoms with Gasteiger partial charge in [-0.15, -0.1) is 0 Å². The minimum absolute atomic E-state index is 0.0737. The molecule has 20 heavy (non-hydrogen) atoms. The van der Waals surface area contributed by atoms with Gasteiger partial charge in [0.15, 0.2) is 0 Å². The zero-order valence-corrected chi connectivity index (χ0v) is 14.3. The molecule has 0 saturated carbocycles. The van der Waals surface area contributed by atoms with Gasteiger partial charge in [-0.25, -0.2) is 0 Å². The van der Waals surface area contributed by atoms with Crippen LogP contribution in [0.25, 0.3) is 0 Å². The Morgan fingerprint density at radius 1 is 1.45 bits per heavy atom. The van der Waals surface area contributed by atoms with Gasteiger partial charge in [-0.3, -0.25) is 9.59 Å². The van der Waals surface area contributed by atoms with E-state index in [-0.39, 0.29) is 17.9 Å². The van der Waals surface area contributed by atoms with E-state index in [4.69, 9.17) is 0 Å². The Bertz CT molecular complexity index is 534. The molecule has 0 aromatic heterocycles. The predicted molar refractivity (Wildman–Crippen MR) is 84.6 cm³/mol. The number of carbonyl (C=O) groups is 2. The average Bonchev–Trinajstić information content (AvgIpc) is 2.77. The van der Waals surface area contributed by atoms with Crippen LogP contribution in [0.1, 0.15) is 30.1 Å². The van der Waals surface area contributed by atoms with Crippen molar-refractivity contribution in [3.05, 3.63) is 32.7 Å². The molecule has 0 aliphatic carbocycles. The number of benzene rings is 1. The first-order chi connectivity index (χ1) is 9.47. The maximum Gasteiger partial charge on any atom is 0.252 e. The smallest absolute Gasteiger partial charge is 0.252 e. The van der Waals surface area contributed by atoms with Crippen LogP contribution in [-0.4, -0.2) is 35.8 Å². The van der Waals surface area contributed by atoms with Gasteiger partial charge >= 0.3 is 0 Å². The molecule has 1 aromatic rings. The third kappa shape index (κ3) is 3.82. The van der Waals surface area contributed by atoms with Gasteiger partial charge < -0.3 is 10.2 Å². The summed E-state index contributed by atoms with van der Waals surface area (Å²) in [4.78, 5) is 25.6. The molecule has 1 unspecified atom stereocenters. The van der Waals surface area contributed by atoms with Crippen molar-refractivity contribution in [1.29, 1.82) is 0 Å². The molecule has 1 fully saturated rings. The lowest BCUT2D eigenvalue weighted by Crippen LogP contribution is -2.42. The summed E-state index contributed by atoms with van der Waals surface area (Å²) >= 11 is 6.73. The van der Waals surface area contributed by atoms with Crippen molar-refractivity contribution in [3.63, 3.8) is 0 Å². The van der Waals surface area contributed by atoms with E-state index < -0.39 is 0 Å². The van der Waals surface area contributed by atoms with Crippen molar-refractivity contribution in [2.24, 2.45) is 0 Å². The van der Waals surface area contributed by atoms with E-state index in [1.165, 1.54) is 0 Å². The number of rotatable bonds is 4. The number of likely N-dealkylation sites (tertiary alicyclic amines) is 1. The van der Waals surface area contributed by atoms with E-state index in [0.717, 1.165) is 21.9 Å².